The molecular weight excluding hydrogens is 513 g/mol. The molecule has 198 valence electrons. The Hall–Kier alpha value is -5.04. The van der Waals surface area contributed by atoms with Crippen LogP contribution in [0.5, 0.6) is 0 Å². The van der Waals surface area contributed by atoms with Gasteiger partial charge in [0.2, 0.25) is 5.60 Å². The van der Waals surface area contributed by atoms with Crippen LogP contribution in [0.25, 0.3) is 16.8 Å². The Morgan fingerprint density at radius 1 is 1.08 bits per heavy atom. The van der Waals surface area contributed by atoms with Gasteiger partial charge in [-0.25, -0.2) is 4.68 Å². The minimum Gasteiger partial charge on any atom is -0.384 e. The maximum absolute atomic E-state index is 13.5. The number of halogens is 3. The Morgan fingerprint density at radius 3 is 2.54 bits per heavy atom. The molecule has 0 spiro atoms. The monoisotopic (exact) mass is 534 g/mol. The second-order valence-electron chi connectivity index (χ2n) is 8.73. The summed E-state index contributed by atoms with van der Waals surface area (Å²) in [6.45, 7) is -0.0915. The highest BCUT2D eigenvalue weighted by atomic mass is 19.4. The Kier molecular flexibility index (Phi) is 6.58. The lowest BCUT2D eigenvalue weighted by molar-refractivity contribution is -0.140. The molecule has 3 aromatic carbocycles. The van der Waals surface area contributed by atoms with Crippen molar-refractivity contribution in [2.24, 2.45) is 5.73 Å². The van der Waals surface area contributed by atoms with Crippen molar-refractivity contribution in [1.29, 1.82) is 5.41 Å². The standard InChI is InChI=1S/C26H21F3N8O2/c27-26(28,29)21-7-2-1-6-20(21)16-8-10-19(11-9-16)33-24(38)25(14-37-15-32-35-36-37)13-22(34-39-25)17-4-3-5-18(12-17)23(30)31/h1-13,15,34H,14H2,(H3,30,31)(H,33,38). The smallest absolute Gasteiger partial charge is 0.384 e. The number of anilines is 1. The number of nitrogens with two attached hydrogens (primary N) is 1. The van der Waals surface area contributed by atoms with Gasteiger partial charge in [0.1, 0.15) is 12.2 Å². The van der Waals surface area contributed by atoms with E-state index in [0.717, 1.165) is 6.07 Å². The lowest BCUT2D eigenvalue weighted by Gasteiger charge is -2.24. The third-order valence-electron chi connectivity index (χ3n) is 6.06. The average Bonchev–Trinajstić information content (AvgIpc) is 3.60. The van der Waals surface area contributed by atoms with Crippen LogP contribution in [0.3, 0.4) is 0 Å². The topological polar surface area (TPSA) is 144 Å². The van der Waals surface area contributed by atoms with Crippen LogP contribution < -0.4 is 16.5 Å². The number of hydroxylamine groups is 1. The number of amidine groups is 1. The van der Waals surface area contributed by atoms with E-state index >= 15 is 0 Å². The first-order valence-electron chi connectivity index (χ1n) is 11.6. The van der Waals surface area contributed by atoms with Crippen LogP contribution in [0.4, 0.5) is 18.9 Å². The first-order chi connectivity index (χ1) is 18.6. The first kappa shape index (κ1) is 25.6. The minimum absolute atomic E-state index is 0.0294. The van der Waals surface area contributed by atoms with Gasteiger partial charge in [-0.05, 0) is 51.9 Å². The molecule has 0 aliphatic carbocycles. The van der Waals surface area contributed by atoms with Gasteiger partial charge >= 0.3 is 6.18 Å². The van der Waals surface area contributed by atoms with Gasteiger partial charge in [-0.1, -0.05) is 48.5 Å². The van der Waals surface area contributed by atoms with E-state index in [2.05, 4.69) is 26.3 Å². The van der Waals surface area contributed by atoms with Crippen molar-refractivity contribution < 1.29 is 22.8 Å². The highest BCUT2D eigenvalue weighted by Crippen LogP contribution is 2.37. The number of rotatable bonds is 7. The van der Waals surface area contributed by atoms with Crippen LogP contribution in [0, 0.1) is 5.41 Å². The zero-order chi connectivity index (χ0) is 27.6. The number of hydrogen-bond acceptors (Lipinski definition) is 7. The molecular formula is C26H21F3N8O2. The fourth-order valence-electron chi connectivity index (χ4n) is 4.14. The Balaban J connectivity index is 1.43. The molecule has 1 aromatic heterocycles. The second kappa shape index (κ2) is 10.0. The van der Waals surface area contributed by atoms with Gasteiger partial charge < -0.3 is 11.1 Å². The maximum Gasteiger partial charge on any atom is 0.417 e. The number of tetrazole rings is 1. The minimum atomic E-state index is -4.51. The van der Waals surface area contributed by atoms with Gasteiger partial charge in [0.05, 0.1) is 17.8 Å². The fraction of sp³-hybridized carbons (Fsp3) is 0.115. The van der Waals surface area contributed by atoms with E-state index in [1.165, 1.54) is 53.5 Å². The number of alkyl halides is 3. The molecule has 1 amide bonds. The lowest BCUT2D eigenvalue weighted by Crippen LogP contribution is -2.46. The van der Waals surface area contributed by atoms with Crippen LogP contribution >= 0.6 is 0 Å². The number of aromatic nitrogens is 4. The molecule has 4 aromatic rings. The summed E-state index contributed by atoms with van der Waals surface area (Å²) in [5.41, 5.74) is 8.30. The quantitative estimate of drug-likeness (QED) is 0.210. The number of hydrogen-bond donors (Lipinski definition) is 4. The molecule has 0 saturated carbocycles. The van der Waals surface area contributed by atoms with Crippen LogP contribution in [0.15, 0.2) is 85.2 Å². The summed E-state index contributed by atoms with van der Waals surface area (Å²) in [4.78, 5) is 19.3. The molecule has 0 fully saturated rings. The molecule has 1 unspecified atom stereocenters. The summed E-state index contributed by atoms with van der Waals surface area (Å²) in [5.74, 6) is -0.693. The van der Waals surface area contributed by atoms with Crippen molar-refractivity contribution in [1.82, 2.24) is 25.7 Å². The Bertz CT molecular complexity index is 1550. The molecule has 0 saturated heterocycles. The van der Waals surface area contributed by atoms with Gasteiger partial charge in [0.25, 0.3) is 5.91 Å². The summed E-state index contributed by atoms with van der Waals surface area (Å²) in [5, 5.41) is 21.5. The van der Waals surface area contributed by atoms with E-state index in [1.54, 1.807) is 30.3 Å². The first-order valence-corrected chi connectivity index (χ1v) is 11.6. The summed E-state index contributed by atoms with van der Waals surface area (Å²) in [7, 11) is 0. The molecule has 13 heteroatoms. The third-order valence-corrected chi connectivity index (χ3v) is 6.06. The molecule has 2 heterocycles. The predicted molar refractivity (Wildman–Crippen MR) is 136 cm³/mol. The summed E-state index contributed by atoms with van der Waals surface area (Å²) < 4.78 is 41.7. The summed E-state index contributed by atoms with van der Waals surface area (Å²) in [6.07, 6.45) is -1.61. The van der Waals surface area contributed by atoms with E-state index in [0.29, 0.717) is 28.1 Å². The predicted octanol–water partition coefficient (Wildman–Crippen LogP) is 3.60. The van der Waals surface area contributed by atoms with Crippen LogP contribution in [-0.4, -0.2) is 37.6 Å². The Labute approximate surface area is 219 Å². The van der Waals surface area contributed by atoms with Crippen molar-refractivity contribution in [2.75, 3.05) is 5.32 Å². The van der Waals surface area contributed by atoms with Crippen molar-refractivity contribution in [2.45, 2.75) is 18.3 Å². The number of nitrogens with zero attached hydrogens (tertiary/aromatic N) is 4. The van der Waals surface area contributed by atoms with Gasteiger partial charge in [0, 0.05) is 16.8 Å². The zero-order valence-corrected chi connectivity index (χ0v) is 20.1. The summed E-state index contributed by atoms with van der Waals surface area (Å²) in [6, 6.07) is 18.1. The van der Waals surface area contributed by atoms with E-state index in [4.69, 9.17) is 16.0 Å². The zero-order valence-electron chi connectivity index (χ0n) is 20.1. The second-order valence-corrected chi connectivity index (χ2v) is 8.73. The normalized spacial score (nSPS) is 16.8. The Morgan fingerprint density at radius 2 is 1.85 bits per heavy atom. The number of carbonyl (C=O) groups is 1. The van der Waals surface area contributed by atoms with Crippen molar-refractivity contribution >= 4 is 23.1 Å². The largest absolute Gasteiger partial charge is 0.417 e. The van der Waals surface area contributed by atoms with Crippen LogP contribution in [0.1, 0.15) is 16.7 Å². The number of amides is 1. The molecule has 5 N–H and O–H groups in total. The average molecular weight is 535 g/mol. The van der Waals surface area contributed by atoms with E-state index in [9.17, 15) is 18.0 Å². The van der Waals surface area contributed by atoms with Crippen molar-refractivity contribution in [3.05, 3.63) is 102 Å². The van der Waals surface area contributed by atoms with E-state index in [1.807, 2.05) is 0 Å². The fourth-order valence-corrected chi connectivity index (χ4v) is 4.14. The molecule has 39 heavy (non-hydrogen) atoms. The molecule has 1 aliphatic heterocycles. The molecule has 10 nitrogen and oxygen atoms in total. The molecule has 1 atom stereocenters. The van der Waals surface area contributed by atoms with Crippen LogP contribution in [0.2, 0.25) is 0 Å². The molecule has 0 radical (unpaired) electrons. The number of nitrogen functional groups attached to an aromatic ring is 1. The molecule has 0 bridgehead atoms. The SMILES string of the molecule is N=C(N)c1cccc(C2=CC(Cn3cnnn3)(C(=O)Nc3ccc(-c4ccccc4C(F)(F)F)cc3)ON2)c1. The number of benzene rings is 3. The maximum atomic E-state index is 13.5. The summed E-state index contributed by atoms with van der Waals surface area (Å²) >= 11 is 0. The highest BCUT2D eigenvalue weighted by Gasteiger charge is 2.44. The van der Waals surface area contributed by atoms with E-state index < -0.39 is 23.2 Å². The number of nitrogens with one attached hydrogen (secondary N) is 3. The van der Waals surface area contributed by atoms with Crippen molar-refractivity contribution in [3.63, 3.8) is 0 Å². The van der Waals surface area contributed by atoms with E-state index in [-0.39, 0.29) is 17.9 Å². The third kappa shape index (κ3) is 5.33. The van der Waals surface area contributed by atoms with Gasteiger partial charge in [-0.2, -0.15) is 13.2 Å². The number of carbonyl (C=O) groups excluding carboxylic acids is 1. The molecule has 5 rings (SSSR count). The molecule has 1 aliphatic rings. The highest BCUT2D eigenvalue weighted by molar-refractivity contribution is 6.01. The van der Waals surface area contributed by atoms with Crippen molar-refractivity contribution in [3.8, 4) is 11.1 Å². The van der Waals surface area contributed by atoms with Gasteiger partial charge in [-0.15, -0.1) is 5.10 Å². The van der Waals surface area contributed by atoms with Gasteiger partial charge in [-0.3, -0.25) is 20.5 Å². The lowest BCUT2D eigenvalue weighted by atomic mass is 9.98. The van der Waals surface area contributed by atoms with Gasteiger partial charge in [0.15, 0.2) is 0 Å². The van der Waals surface area contributed by atoms with Crippen LogP contribution in [-0.2, 0) is 22.4 Å².